The van der Waals surface area contributed by atoms with Crippen LogP contribution in [0.4, 0.5) is 0 Å². The number of nitrogens with one attached hydrogen (secondary N) is 1. The number of carbonyl (C=O) groups excluding carboxylic acids is 2. The van der Waals surface area contributed by atoms with Crippen LogP contribution in [0.1, 0.15) is 39.0 Å². The lowest BCUT2D eigenvalue weighted by Gasteiger charge is -2.34. The van der Waals surface area contributed by atoms with Gasteiger partial charge in [-0.2, -0.15) is 5.26 Å². The van der Waals surface area contributed by atoms with Gasteiger partial charge in [0.05, 0.1) is 12.6 Å². The van der Waals surface area contributed by atoms with Gasteiger partial charge in [0, 0.05) is 13.6 Å². The molecule has 0 aromatic rings. The van der Waals surface area contributed by atoms with Gasteiger partial charge in [-0.25, -0.2) is 0 Å². The largest absolute Gasteiger partial charge is 0.358 e. The fourth-order valence-corrected chi connectivity index (χ4v) is 2.41. The van der Waals surface area contributed by atoms with Crippen LogP contribution in [0.2, 0.25) is 0 Å². The van der Waals surface area contributed by atoms with E-state index in [1.807, 2.05) is 6.92 Å². The first-order chi connectivity index (χ1) is 8.59. The van der Waals surface area contributed by atoms with Crippen molar-refractivity contribution >= 4 is 11.8 Å². The highest BCUT2D eigenvalue weighted by Crippen LogP contribution is 2.37. The topological polar surface area (TPSA) is 73.2 Å². The summed E-state index contributed by atoms with van der Waals surface area (Å²) in [7, 11) is 1.54. The van der Waals surface area contributed by atoms with Crippen LogP contribution in [0.5, 0.6) is 0 Å². The van der Waals surface area contributed by atoms with Crippen molar-refractivity contribution in [1.29, 1.82) is 5.26 Å². The minimum absolute atomic E-state index is 0.0370. The Morgan fingerprint density at radius 1 is 1.33 bits per heavy atom. The Kier molecular flexibility index (Phi) is 5.14. The van der Waals surface area contributed by atoms with Crippen LogP contribution < -0.4 is 5.32 Å². The normalized spacial score (nSPS) is 17.6. The number of amides is 2. The molecule has 18 heavy (non-hydrogen) atoms. The van der Waals surface area contributed by atoms with Gasteiger partial charge in [0.1, 0.15) is 5.41 Å². The van der Waals surface area contributed by atoms with E-state index in [0.29, 0.717) is 19.4 Å². The average molecular weight is 251 g/mol. The molecule has 1 N–H and O–H groups in total. The van der Waals surface area contributed by atoms with Gasteiger partial charge >= 0.3 is 0 Å². The van der Waals surface area contributed by atoms with Gasteiger partial charge in [-0.05, 0) is 19.8 Å². The van der Waals surface area contributed by atoms with Crippen LogP contribution in [-0.2, 0) is 9.59 Å². The van der Waals surface area contributed by atoms with E-state index in [1.54, 1.807) is 7.05 Å². The van der Waals surface area contributed by atoms with Gasteiger partial charge < -0.3 is 10.2 Å². The lowest BCUT2D eigenvalue weighted by Crippen LogP contribution is -2.47. The zero-order valence-corrected chi connectivity index (χ0v) is 11.2. The smallest absolute Gasteiger partial charge is 0.243 e. The third-order valence-corrected chi connectivity index (χ3v) is 3.61. The Bertz CT molecular complexity index is 354. The highest BCUT2D eigenvalue weighted by Gasteiger charge is 2.42. The van der Waals surface area contributed by atoms with E-state index in [1.165, 1.54) is 4.90 Å². The molecule has 0 aliphatic heterocycles. The van der Waals surface area contributed by atoms with Crippen molar-refractivity contribution in [2.45, 2.75) is 39.0 Å². The van der Waals surface area contributed by atoms with E-state index in [9.17, 15) is 14.9 Å². The average Bonchev–Trinajstić information content (AvgIpc) is 2.44. The van der Waals surface area contributed by atoms with E-state index < -0.39 is 5.41 Å². The minimum atomic E-state index is -0.901. The molecule has 0 aromatic carbocycles. The second kappa shape index (κ2) is 6.39. The zero-order chi connectivity index (χ0) is 13.6. The molecule has 5 heteroatoms. The van der Waals surface area contributed by atoms with Crippen LogP contribution >= 0.6 is 0 Å². The number of nitrogens with zero attached hydrogens (tertiary/aromatic N) is 2. The summed E-state index contributed by atoms with van der Waals surface area (Å²) >= 11 is 0. The maximum absolute atomic E-state index is 12.5. The molecule has 1 saturated carbocycles. The summed E-state index contributed by atoms with van der Waals surface area (Å²) in [5.41, 5.74) is -0.901. The van der Waals surface area contributed by atoms with Crippen LogP contribution in [0.15, 0.2) is 0 Å². The monoisotopic (exact) mass is 251 g/mol. The fraction of sp³-hybridized carbons (Fsp3) is 0.769. The minimum Gasteiger partial charge on any atom is -0.358 e. The molecule has 0 atom stereocenters. The molecule has 0 bridgehead atoms. The van der Waals surface area contributed by atoms with Crippen molar-refractivity contribution in [3.8, 4) is 6.07 Å². The Morgan fingerprint density at radius 2 is 1.94 bits per heavy atom. The van der Waals surface area contributed by atoms with Crippen molar-refractivity contribution in [3.63, 3.8) is 0 Å². The Hall–Kier alpha value is -1.57. The molecule has 5 nitrogen and oxygen atoms in total. The van der Waals surface area contributed by atoms with Crippen LogP contribution in [-0.4, -0.2) is 36.9 Å². The molecule has 0 aromatic heterocycles. The second-order valence-corrected chi connectivity index (χ2v) is 4.75. The Labute approximate surface area is 108 Å². The molecule has 0 saturated heterocycles. The molecule has 1 aliphatic rings. The first kappa shape index (κ1) is 14.5. The summed E-state index contributed by atoms with van der Waals surface area (Å²) in [4.78, 5) is 25.3. The van der Waals surface area contributed by atoms with E-state index in [-0.39, 0.29) is 18.4 Å². The quantitative estimate of drug-likeness (QED) is 0.811. The van der Waals surface area contributed by atoms with Crippen LogP contribution in [0.3, 0.4) is 0 Å². The van der Waals surface area contributed by atoms with Gasteiger partial charge in [-0.15, -0.1) is 0 Å². The summed E-state index contributed by atoms with van der Waals surface area (Å²) in [5.74, 6) is -0.384. The third kappa shape index (κ3) is 3.00. The lowest BCUT2D eigenvalue weighted by atomic mass is 9.74. The molecule has 1 rings (SSSR count). The zero-order valence-electron chi connectivity index (χ0n) is 11.2. The number of rotatable bonds is 4. The number of likely N-dealkylation sites (N-methyl/N-ethyl adjacent to an activating group) is 2. The van der Waals surface area contributed by atoms with Crippen molar-refractivity contribution in [3.05, 3.63) is 0 Å². The molecule has 1 fully saturated rings. The molecule has 0 spiro atoms. The van der Waals surface area contributed by atoms with Gasteiger partial charge in [-0.1, -0.05) is 19.3 Å². The van der Waals surface area contributed by atoms with Crippen LogP contribution in [0, 0.1) is 16.7 Å². The van der Waals surface area contributed by atoms with Gasteiger partial charge in [0.15, 0.2) is 0 Å². The maximum Gasteiger partial charge on any atom is 0.243 e. The molecular weight excluding hydrogens is 230 g/mol. The Balaban J connectivity index is 2.81. The van der Waals surface area contributed by atoms with Gasteiger partial charge in [0.2, 0.25) is 11.8 Å². The highest BCUT2D eigenvalue weighted by atomic mass is 16.2. The first-order valence-corrected chi connectivity index (χ1v) is 6.51. The van der Waals surface area contributed by atoms with Crippen molar-refractivity contribution in [2.75, 3.05) is 20.1 Å². The molecule has 2 amide bonds. The second-order valence-electron chi connectivity index (χ2n) is 4.75. The van der Waals surface area contributed by atoms with Crippen molar-refractivity contribution < 1.29 is 9.59 Å². The summed E-state index contributed by atoms with van der Waals surface area (Å²) in [6, 6.07) is 2.20. The summed E-state index contributed by atoms with van der Waals surface area (Å²) in [6.45, 7) is 2.32. The Morgan fingerprint density at radius 3 is 2.39 bits per heavy atom. The summed E-state index contributed by atoms with van der Waals surface area (Å²) in [6.07, 6.45) is 4.14. The van der Waals surface area contributed by atoms with Gasteiger partial charge in [-0.3, -0.25) is 9.59 Å². The number of nitriles is 1. The van der Waals surface area contributed by atoms with Gasteiger partial charge in [0.25, 0.3) is 0 Å². The highest BCUT2D eigenvalue weighted by molar-refractivity contribution is 5.89. The van der Waals surface area contributed by atoms with Crippen molar-refractivity contribution in [2.24, 2.45) is 5.41 Å². The molecule has 0 unspecified atom stereocenters. The molecule has 0 heterocycles. The first-order valence-electron chi connectivity index (χ1n) is 6.51. The predicted octanol–water partition coefficient (Wildman–Crippen LogP) is 1.05. The van der Waals surface area contributed by atoms with E-state index in [2.05, 4.69) is 11.4 Å². The molecule has 1 aliphatic carbocycles. The number of hydrogen-bond acceptors (Lipinski definition) is 3. The number of hydrogen-bond donors (Lipinski definition) is 1. The van der Waals surface area contributed by atoms with E-state index in [4.69, 9.17) is 0 Å². The molecule has 100 valence electrons. The SMILES string of the molecule is CCN(CC(=O)NC)C(=O)C1(C#N)CCCCC1. The van der Waals surface area contributed by atoms with E-state index in [0.717, 1.165) is 19.3 Å². The summed E-state index contributed by atoms with van der Waals surface area (Å²) < 4.78 is 0. The van der Waals surface area contributed by atoms with Crippen molar-refractivity contribution in [1.82, 2.24) is 10.2 Å². The molecular formula is C13H21N3O2. The number of carbonyl (C=O) groups is 2. The summed E-state index contributed by atoms with van der Waals surface area (Å²) in [5, 5.41) is 11.9. The molecule has 0 radical (unpaired) electrons. The predicted molar refractivity (Wildman–Crippen MR) is 67.5 cm³/mol. The third-order valence-electron chi connectivity index (χ3n) is 3.61. The lowest BCUT2D eigenvalue weighted by molar-refractivity contribution is -0.143. The van der Waals surface area contributed by atoms with E-state index >= 15 is 0 Å². The standard InChI is InChI=1S/C13H21N3O2/c1-3-16(9-11(17)15-2)12(18)13(10-14)7-5-4-6-8-13/h3-9H2,1-2H3,(H,15,17). The maximum atomic E-state index is 12.5. The van der Waals surface area contributed by atoms with Crippen LogP contribution in [0.25, 0.3) is 0 Å². The fourth-order valence-electron chi connectivity index (χ4n) is 2.41.